The molecule has 1 aromatic rings. The maximum Gasteiger partial charge on any atom is 0.167 e. The summed E-state index contributed by atoms with van der Waals surface area (Å²) in [5, 5.41) is 0. The van der Waals surface area contributed by atoms with Crippen LogP contribution >= 0.6 is 0 Å². The number of ether oxygens (including phenoxy) is 3. The fourth-order valence-electron chi connectivity index (χ4n) is 1.26. The zero-order chi connectivity index (χ0) is 11.1. The average Bonchev–Trinajstić information content (AvgIpc) is 2.29. The van der Waals surface area contributed by atoms with Crippen molar-refractivity contribution in [3.63, 3.8) is 0 Å². The lowest BCUT2D eigenvalue weighted by Gasteiger charge is -2.12. The summed E-state index contributed by atoms with van der Waals surface area (Å²) < 4.78 is 15.7. The lowest BCUT2D eigenvalue weighted by molar-refractivity contribution is 0.144. The number of para-hydroxylation sites is 1. The minimum Gasteiger partial charge on any atom is -0.492 e. The summed E-state index contributed by atoms with van der Waals surface area (Å²) >= 11 is 0. The third kappa shape index (κ3) is 2.99. The van der Waals surface area contributed by atoms with E-state index in [1.54, 1.807) is 20.3 Å². The molecule has 15 heavy (non-hydrogen) atoms. The van der Waals surface area contributed by atoms with Gasteiger partial charge < -0.3 is 14.2 Å². The van der Waals surface area contributed by atoms with Crippen LogP contribution in [0.3, 0.4) is 0 Å². The van der Waals surface area contributed by atoms with Crippen LogP contribution in [0.1, 0.15) is 5.56 Å². The van der Waals surface area contributed by atoms with Gasteiger partial charge in [0.2, 0.25) is 0 Å². The lowest BCUT2D eigenvalue weighted by Crippen LogP contribution is -2.05. The van der Waals surface area contributed by atoms with E-state index >= 15 is 0 Å². The van der Waals surface area contributed by atoms with E-state index in [-0.39, 0.29) is 0 Å². The van der Waals surface area contributed by atoms with Crippen LogP contribution in [-0.2, 0) is 4.74 Å². The highest BCUT2D eigenvalue weighted by Gasteiger charge is 2.07. The number of rotatable bonds is 6. The fraction of sp³-hybridized carbons (Fsp3) is 0.333. The van der Waals surface area contributed by atoms with Gasteiger partial charge in [-0.15, -0.1) is 0 Å². The standard InChI is InChI=1S/C12H16O3/c1-4-10-6-5-7-11(12(10)14-3)15-9-8-13-2/h4-7H,1,8-9H2,2-3H3. The Bertz CT molecular complexity index is 321. The molecule has 0 aliphatic carbocycles. The summed E-state index contributed by atoms with van der Waals surface area (Å²) in [5.41, 5.74) is 0.924. The molecule has 82 valence electrons. The van der Waals surface area contributed by atoms with Gasteiger partial charge in [0, 0.05) is 12.7 Å². The summed E-state index contributed by atoms with van der Waals surface area (Å²) in [7, 11) is 3.26. The van der Waals surface area contributed by atoms with Gasteiger partial charge in [-0.05, 0) is 6.07 Å². The van der Waals surface area contributed by atoms with Crippen molar-refractivity contribution in [3.8, 4) is 11.5 Å². The Labute approximate surface area is 90.3 Å². The molecule has 0 saturated heterocycles. The topological polar surface area (TPSA) is 27.7 Å². The Morgan fingerprint density at radius 2 is 2.07 bits per heavy atom. The molecular weight excluding hydrogens is 192 g/mol. The SMILES string of the molecule is C=Cc1cccc(OCCOC)c1OC. The van der Waals surface area contributed by atoms with Crippen LogP contribution in [0, 0.1) is 0 Å². The second kappa shape index (κ2) is 6.09. The zero-order valence-electron chi connectivity index (χ0n) is 9.16. The molecule has 0 radical (unpaired) electrons. The zero-order valence-corrected chi connectivity index (χ0v) is 9.16. The molecule has 0 bridgehead atoms. The van der Waals surface area contributed by atoms with Crippen molar-refractivity contribution < 1.29 is 14.2 Å². The van der Waals surface area contributed by atoms with Gasteiger partial charge in [-0.2, -0.15) is 0 Å². The smallest absolute Gasteiger partial charge is 0.167 e. The number of hydrogen-bond acceptors (Lipinski definition) is 3. The molecule has 0 spiro atoms. The Balaban J connectivity index is 2.81. The van der Waals surface area contributed by atoms with Crippen molar-refractivity contribution in [2.75, 3.05) is 27.4 Å². The van der Waals surface area contributed by atoms with Crippen LogP contribution < -0.4 is 9.47 Å². The van der Waals surface area contributed by atoms with E-state index in [9.17, 15) is 0 Å². The van der Waals surface area contributed by atoms with Gasteiger partial charge in [0.25, 0.3) is 0 Å². The van der Waals surface area contributed by atoms with E-state index in [4.69, 9.17) is 14.2 Å². The van der Waals surface area contributed by atoms with Crippen LogP contribution in [0.2, 0.25) is 0 Å². The molecular formula is C12H16O3. The van der Waals surface area contributed by atoms with E-state index in [0.29, 0.717) is 24.7 Å². The largest absolute Gasteiger partial charge is 0.492 e. The van der Waals surface area contributed by atoms with Crippen molar-refractivity contribution in [1.29, 1.82) is 0 Å². The van der Waals surface area contributed by atoms with E-state index in [2.05, 4.69) is 6.58 Å². The first kappa shape index (κ1) is 11.6. The number of methoxy groups -OCH3 is 2. The predicted molar refractivity (Wildman–Crippen MR) is 60.5 cm³/mol. The van der Waals surface area contributed by atoms with E-state index in [1.807, 2.05) is 18.2 Å². The van der Waals surface area contributed by atoms with Gasteiger partial charge in [0.15, 0.2) is 11.5 Å². The highest BCUT2D eigenvalue weighted by molar-refractivity contribution is 5.61. The van der Waals surface area contributed by atoms with Crippen molar-refractivity contribution in [1.82, 2.24) is 0 Å². The normalized spacial score (nSPS) is 9.73. The van der Waals surface area contributed by atoms with Gasteiger partial charge >= 0.3 is 0 Å². The summed E-state index contributed by atoms with van der Waals surface area (Å²) in [6.45, 7) is 4.78. The van der Waals surface area contributed by atoms with Crippen molar-refractivity contribution in [2.45, 2.75) is 0 Å². The highest BCUT2D eigenvalue weighted by atomic mass is 16.5. The first-order valence-corrected chi connectivity index (χ1v) is 4.74. The van der Waals surface area contributed by atoms with Gasteiger partial charge in [-0.3, -0.25) is 0 Å². The minimum atomic E-state index is 0.507. The predicted octanol–water partition coefficient (Wildman–Crippen LogP) is 2.36. The molecule has 0 saturated carbocycles. The van der Waals surface area contributed by atoms with Crippen LogP contribution in [0.15, 0.2) is 24.8 Å². The Hall–Kier alpha value is -1.48. The number of benzene rings is 1. The van der Waals surface area contributed by atoms with Crippen LogP contribution in [0.4, 0.5) is 0 Å². The van der Waals surface area contributed by atoms with Gasteiger partial charge in [0.05, 0.1) is 13.7 Å². The van der Waals surface area contributed by atoms with Crippen molar-refractivity contribution >= 4 is 6.08 Å². The molecule has 0 aromatic heterocycles. The van der Waals surface area contributed by atoms with Crippen molar-refractivity contribution in [2.24, 2.45) is 0 Å². The second-order valence-corrected chi connectivity index (χ2v) is 2.92. The quantitative estimate of drug-likeness (QED) is 0.672. The summed E-state index contributed by atoms with van der Waals surface area (Å²) in [6.07, 6.45) is 1.74. The third-order valence-corrected chi connectivity index (χ3v) is 1.98. The molecule has 0 amide bonds. The molecule has 0 heterocycles. The fourth-order valence-corrected chi connectivity index (χ4v) is 1.26. The lowest BCUT2D eigenvalue weighted by atomic mass is 10.2. The van der Waals surface area contributed by atoms with Crippen LogP contribution in [0.5, 0.6) is 11.5 Å². The molecule has 1 rings (SSSR count). The first-order chi connectivity index (χ1) is 7.33. The monoisotopic (exact) mass is 208 g/mol. The molecule has 0 atom stereocenters. The van der Waals surface area contributed by atoms with E-state index in [0.717, 1.165) is 5.56 Å². The molecule has 0 aliphatic heterocycles. The molecule has 0 unspecified atom stereocenters. The van der Waals surface area contributed by atoms with Gasteiger partial charge in [-0.1, -0.05) is 24.8 Å². The number of hydrogen-bond donors (Lipinski definition) is 0. The summed E-state index contributed by atoms with van der Waals surface area (Å²) in [6, 6.07) is 5.69. The molecule has 0 N–H and O–H groups in total. The maximum atomic E-state index is 5.51. The molecule has 0 aliphatic rings. The second-order valence-electron chi connectivity index (χ2n) is 2.92. The summed E-state index contributed by atoms with van der Waals surface area (Å²) in [5.74, 6) is 1.43. The van der Waals surface area contributed by atoms with Gasteiger partial charge in [0.1, 0.15) is 6.61 Å². The van der Waals surface area contributed by atoms with Crippen LogP contribution in [-0.4, -0.2) is 27.4 Å². The molecule has 3 nitrogen and oxygen atoms in total. The average molecular weight is 208 g/mol. The highest BCUT2D eigenvalue weighted by Crippen LogP contribution is 2.31. The van der Waals surface area contributed by atoms with Crippen molar-refractivity contribution in [3.05, 3.63) is 30.3 Å². The molecule has 1 aromatic carbocycles. The Kier molecular flexibility index (Phi) is 4.71. The molecule has 3 heteroatoms. The van der Waals surface area contributed by atoms with Gasteiger partial charge in [-0.25, -0.2) is 0 Å². The molecule has 0 fully saturated rings. The first-order valence-electron chi connectivity index (χ1n) is 4.74. The van der Waals surface area contributed by atoms with Crippen LogP contribution in [0.25, 0.3) is 6.08 Å². The third-order valence-electron chi connectivity index (χ3n) is 1.98. The van der Waals surface area contributed by atoms with E-state index in [1.165, 1.54) is 0 Å². The summed E-state index contributed by atoms with van der Waals surface area (Å²) in [4.78, 5) is 0. The maximum absolute atomic E-state index is 5.51. The van der Waals surface area contributed by atoms with E-state index < -0.39 is 0 Å². The minimum absolute atomic E-state index is 0.507. The Morgan fingerprint density at radius 1 is 1.27 bits per heavy atom. The Morgan fingerprint density at radius 3 is 2.67 bits per heavy atom.